The Hall–Kier alpha value is -1.83. The van der Waals surface area contributed by atoms with Crippen LogP contribution in [0.5, 0.6) is 5.75 Å². The monoisotopic (exact) mass is 392 g/mol. The van der Waals surface area contributed by atoms with Crippen LogP contribution in [0.4, 0.5) is 4.79 Å². The topological polar surface area (TPSA) is 71.5 Å². The molecule has 7 heteroatoms. The lowest BCUT2D eigenvalue weighted by atomic mass is 10.00. The Bertz CT molecular complexity index is 630. The number of hydrogen-bond donors (Lipinski definition) is 1. The van der Waals surface area contributed by atoms with Gasteiger partial charge >= 0.3 is 6.09 Å². The number of amides is 1. The molecule has 1 aromatic carbocycles. The maximum absolute atomic E-state index is 11.9. The minimum atomic E-state index is -1.06. The van der Waals surface area contributed by atoms with Crippen molar-refractivity contribution in [1.29, 1.82) is 0 Å². The minimum Gasteiger partial charge on any atom is -0.490 e. The van der Waals surface area contributed by atoms with Gasteiger partial charge in [-0.2, -0.15) is 0 Å². The van der Waals surface area contributed by atoms with Gasteiger partial charge in [-0.1, -0.05) is 17.7 Å². The SMILES string of the molecule is CCOC(=O)N1CCC(N2CCOCC(O)(COc3ccc(C)cc3)C2)CC1. The molecule has 1 atom stereocenters. The van der Waals surface area contributed by atoms with Crippen LogP contribution >= 0.6 is 0 Å². The van der Waals surface area contributed by atoms with Gasteiger partial charge in [0.2, 0.25) is 0 Å². The summed E-state index contributed by atoms with van der Waals surface area (Å²) in [5.74, 6) is 0.748. The molecule has 2 saturated heterocycles. The quantitative estimate of drug-likeness (QED) is 0.827. The van der Waals surface area contributed by atoms with E-state index in [2.05, 4.69) is 4.90 Å². The van der Waals surface area contributed by atoms with Crippen LogP contribution < -0.4 is 4.74 Å². The van der Waals surface area contributed by atoms with Crippen molar-refractivity contribution in [1.82, 2.24) is 9.80 Å². The molecule has 1 amide bonds. The number of carbonyl (C=O) groups excluding carboxylic acids is 1. The van der Waals surface area contributed by atoms with E-state index in [1.54, 1.807) is 4.90 Å². The summed E-state index contributed by atoms with van der Waals surface area (Å²) in [6.07, 6.45) is 1.50. The van der Waals surface area contributed by atoms with Gasteiger partial charge in [-0.3, -0.25) is 4.90 Å². The Morgan fingerprint density at radius 2 is 1.96 bits per heavy atom. The minimum absolute atomic E-state index is 0.189. The van der Waals surface area contributed by atoms with Crippen LogP contribution in [0.2, 0.25) is 0 Å². The number of β-amino-alcohol motifs (C(OH)–C–C–N with tert-alkyl or cyclic N) is 1. The van der Waals surface area contributed by atoms with Gasteiger partial charge in [-0.15, -0.1) is 0 Å². The first-order chi connectivity index (χ1) is 13.5. The predicted octanol–water partition coefficient (Wildman–Crippen LogP) is 2.06. The van der Waals surface area contributed by atoms with Crippen LogP contribution in [-0.2, 0) is 9.47 Å². The molecule has 2 fully saturated rings. The molecule has 28 heavy (non-hydrogen) atoms. The number of aliphatic hydroxyl groups is 1. The van der Waals surface area contributed by atoms with Crippen LogP contribution in [0, 0.1) is 6.92 Å². The van der Waals surface area contributed by atoms with E-state index >= 15 is 0 Å². The Balaban J connectivity index is 1.54. The highest BCUT2D eigenvalue weighted by atomic mass is 16.6. The Morgan fingerprint density at radius 1 is 1.25 bits per heavy atom. The summed E-state index contributed by atoms with van der Waals surface area (Å²) in [5.41, 5.74) is 0.115. The highest BCUT2D eigenvalue weighted by Gasteiger charge is 2.37. The van der Waals surface area contributed by atoms with Crippen molar-refractivity contribution in [2.45, 2.75) is 38.3 Å². The zero-order valence-corrected chi connectivity index (χ0v) is 16.9. The molecule has 3 rings (SSSR count). The second-order valence-electron chi connectivity index (χ2n) is 7.77. The first-order valence-corrected chi connectivity index (χ1v) is 10.1. The molecule has 2 heterocycles. The smallest absolute Gasteiger partial charge is 0.409 e. The average Bonchev–Trinajstić information content (AvgIpc) is 2.90. The number of likely N-dealkylation sites (tertiary alicyclic amines) is 1. The first-order valence-electron chi connectivity index (χ1n) is 10.1. The number of carbonyl (C=O) groups is 1. The molecule has 156 valence electrons. The van der Waals surface area contributed by atoms with Gasteiger partial charge in [0.05, 0.1) is 19.8 Å². The van der Waals surface area contributed by atoms with E-state index < -0.39 is 5.60 Å². The summed E-state index contributed by atoms with van der Waals surface area (Å²) < 4.78 is 16.6. The van der Waals surface area contributed by atoms with Crippen molar-refractivity contribution in [3.8, 4) is 5.75 Å². The lowest BCUT2D eigenvalue weighted by molar-refractivity contribution is -0.0688. The summed E-state index contributed by atoms with van der Waals surface area (Å²) >= 11 is 0. The van der Waals surface area contributed by atoms with E-state index in [1.807, 2.05) is 38.1 Å². The third kappa shape index (κ3) is 5.59. The highest BCUT2D eigenvalue weighted by molar-refractivity contribution is 5.67. The number of piperidine rings is 1. The van der Waals surface area contributed by atoms with Gasteiger partial charge in [0.15, 0.2) is 0 Å². The molecule has 2 aliphatic heterocycles. The van der Waals surface area contributed by atoms with Crippen LogP contribution in [0.15, 0.2) is 24.3 Å². The summed E-state index contributed by atoms with van der Waals surface area (Å²) in [5, 5.41) is 11.1. The third-order valence-corrected chi connectivity index (χ3v) is 5.43. The molecule has 0 aromatic heterocycles. The van der Waals surface area contributed by atoms with E-state index in [4.69, 9.17) is 14.2 Å². The van der Waals surface area contributed by atoms with Crippen molar-refractivity contribution in [2.24, 2.45) is 0 Å². The van der Waals surface area contributed by atoms with Gasteiger partial charge in [0, 0.05) is 32.2 Å². The standard InChI is InChI=1S/C21H32N2O5/c1-3-27-20(24)22-10-8-18(9-11-22)23-12-13-26-15-21(25,14-23)16-28-19-6-4-17(2)5-7-19/h4-7,18,25H,3,8-16H2,1-2H3. The number of ether oxygens (including phenoxy) is 3. The number of hydrogen-bond acceptors (Lipinski definition) is 6. The number of rotatable bonds is 5. The largest absolute Gasteiger partial charge is 0.490 e. The van der Waals surface area contributed by atoms with Gasteiger partial charge in [0.25, 0.3) is 0 Å². The number of aryl methyl sites for hydroxylation is 1. The zero-order valence-electron chi connectivity index (χ0n) is 16.9. The van der Waals surface area contributed by atoms with Crippen LogP contribution in [0.25, 0.3) is 0 Å². The molecule has 0 aliphatic carbocycles. The van der Waals surface area contributed by atoms with E-state index in [-0.39, 0.29) is 19.3 Å². The van der Waals surface area contributed by atoms with Crippen molar-refractivity contribution < 1.29 is 24.1 Å². The summed E-state index contributed by atoms with van der Waals surface area (Å²) in [7, 11) is 0. The maximum atomic E-state index is 11.9. The number of benzene rings is 1. The van der Waals surface area contributed by atoms with E-state index in [0.717, 1.165) is 25.1 Å². The zero-order chi connectivity index (χ0) is 20.0. The molecule has 1 unspecified atom stereocenters. The molecular formula is C21H32N2O5. The van der Waals surface area contributed by atoms with E-state index in [0.29, 0.717) is 38.9 Å². The third-order valence-electron chi connectivity index (χ3n) is 5.43. The molecule has 0 bridgehead atoms. The molecule has 7 nitrogen and oxygen atoms in total. The first kappa shape index (κ1) is 20.9. The fraction of sp³-hybridized carbons (Fsp3) is 0.667. The van der Waals surface area contributed by atoms with Gasteiger partial charge < -0.3 is 24.2 Å². The van der Waals surface area contributed by atoms with Crippen molar-refractivity contribution in [3.63, 3.8) is 0 Å². The second kappa shape index (κ2) is 9.58. The van der Waals surface area contributed by atoms with E-state index in [1.165, 1.54) is 5.56 Å². The van der Waals surface area contributed by atoms with Crippen molar-refractivity contribution >= 4 is 6.09 Å². The molecule has 2 aliphatic rings. The van der Waals surface area contributed by atoms with Crippen LogP contribution in [0.3, 0.4) is 0 Å². The van der Waals surface area contributed by atoms with Gasteiger partial charge in [-0.05, 0) is 38.8 Å². The van der Waals surface area contributed by atoms with Crippen molar-refractivity contribution in [2.75, 3.05) is 52.6 Å². The predicted molar refractivity (Wildman–Crippen MR) is 106 cm³/mol. The normalized spacial score (nSPS) is 24.6. The molecule has 0 spiro atoms. The van der Waals surface area contributed by atoms with E-state index in [9.17, 15) is 9.90 Å². The molecule has 0 radical (unpaired) electrons. The van der Waals surface area contributed by atoms with Crippen LogP contribution in [0.1, 0.15) is 25.3 Å². The lowest BCUT2D eigenvalue weighted by Gasteiger charge is -2.39. The molecule has 0 saturated carbocycles. The second-order valence-corrected chi connectivity index (χ2v) is 7.77. The molecular weight excluding hydrogens is 360 g/mol. The Kier molecular flexibility index (Phi) is 7.15. The van der Waals surface area contributed by atoms with Gasteiger partial charge in [-0.25, -0.2) is 4.79 Å². The fourth-order valence-electron chi connectivity index (χ4n) is 3.83. The highest BCUT2D eigenvalue weighted by Crippen LogP contribution is 2.23. The summed E-state index contributed by atoms with van der Waals surface area (Å²) in [6.45, 7) is 7.92. The Labute approximate surface area is 167 Å². The lowest BCUT2D eigenvalue weighted by Crippen LogP contribution is -2.54. The number of nitrogens with zero attached hydrogens (tertiary/aromatic N) is 2. The van der Waals surface area contributed by atoms with Crippen LogP contribution in [-0.4, -0.2) is 85.2 Å². The maximum Gasteiger partial charge on any atom is 0.409 e. The molecule has 1 aromatic rings. The van der Waals surface area contributed by atoms with Crippen molar-refractivity contribution in [3.05, 3.63) is 29.8 Å². The summed E-state index contributed by atoms with van der Waals surface area (Å²) in [6, 6.07) is 8.13. The average molecular weight is 392 g/mol. The molecule has 1 N–H and O–H groups in total. The fourth-order valence-corrected chi connectivity index (χ4v) is 3.83. The van der Waals surface area contributed by atoms with Gasteiger partial charge in [0.1, 0.15) is 18.0 Å². The summed E-state index contributed by atoms with van der Waals surface area (Å²) in [4.78, 5) is 15.9. The Morgan fingerprint density at radius 3 is 2.64 bits per heavy atom.